The highest BCUT2D eigenvalue weighted by molar-refractivity contribution is 5.91. The Balaban J connectivity index is 1.37. The topological polar surface area (TPSA) is 69.3 Å². The van der Waals surface area contributed by atoms with Crippen LogP contribution in [0.2, 0.25) is 0 Å². The van der Waals surface area contributed by atoms with Gasteiger partial charge < -0.3 is 19.0 Å². The first kappa shape index (κ1) is 19.8. The lowest BCUT2D eigenvalue weighted by atomic mass is 10.2. The molecule has 1 amide bonds. The van der Waals surface area contributed by atoms with Crippen LogP contribution in [0.3, 0.4) is 0 Å². The smallest absolute Gasteiger partial charge is 0.287 e. The van der Waals surface area contributed by atoms with Gasteiger partial charge in [0.25, 0.3) is 5.91 Å². The number of unbranched alkanes of at least 4 members (excludes halogenated alkanes) is 1. The standard InChI is InChI=1S/C24H25N3O3/c1-18-9-2-5-12-21(18)29-15-7-6-14-27-20-11-4-3-10-19(20)26-23(27)17-25-24(28)22-13-8-16-30-22/h2-5,8-13,16H,6-7,14-15,17H2,1H3,(H,25,28). The molecule has 0 saturated carbocycles. The normalized spacial score (nSPS) is 11.0. The molecule has 4 rings (SSSR count). The van der Waals surface area contributed by atoms with Gasteiger partial charge in [0.15, 0.2) is 5.76 Å². The number of hydrogen-bond donors (Lipinski definition) is 1. The molecule has 0 aliphatic heterocycles. The van der Waals surface area contributed by atoms with E-state index in [1.807, 2.05) is 36.4 Å². The van der Waals surface area contributed by atoms with E-state index in [0.29, 0.717) is 18.9 Å². The Morgan fingerprint density at radius 3 is 2.73 bits per heavy atom. The lowest BCUT2D eigenvalue weighted by Gasteiger charge is -2.11. The van der Waals surface area contributed by atoms with Crippen molar-refractivity contribution in [3.63, 3.8) is 0 Å². The number of aryl methyl sites for hydroxylation is 2. The van der Waals surface area contributed by atoms with Gasteiger partial charge in [-0.1, -0.05) is 30.3 Å². The van der Waals surface area contributed by atoms with Gasteiger partial charge in [-0.2, -0.15) is 0 Å². The molecule has 30 heavy (non-hydrogen) atoms. The van der Waals surface area contributed by atoms with Crippen molar-refractivity contribution < 1.29 is 13.9 Å². The van der Waals surface area contributed by atoms with Gasteiger partial charge in [0, 0.05) is 6.54 Å². The molecule has 0 aliphatic rings. The summed E-state index contributed by atoms with van der Waals surface area (Å²) in [5, 5.41) is 2.89. The third-order valence-corrected chi connectivity index (χ3v) is 5.01. The van der Waals surface area contributed by atoms with Gasteiger partial charge in [0.1, 0.15) is 11.6 Å². The number of furan rings is 1. The fraction of sp³-hybridized carbons (Fsp3) is 0.250. The van der Waals surface area contributed by atoms with Crippen LogP contribution in [-0.4, -0.2) is 22.1 Å². The largest absolute Gasteiger partial charge is 0.493 e. The summed E-state index contributed by atoms with van der Waals surface area (Å²) in [5.74, 6) is 1.82. The Morgan fingerprint density at radius 2 is 1.90 bits per heavy atom. The molecule has 154 valence electrons. The van der Waals surface area contributed by atoms with Gasteiger partial charge in [0.05, 0.1) is 30.4 Å². The van der Waals surface area contributed by atoms with Crippen molar-refractivity contribution >= 4 is 16.9 Å². The summed E-state index contributed by atoms with van der Waals surface area (Å²) in [4.78, 5) is 16.9. The quantitative estimate of drug-likeness (QED) is 0.410. The highest BCUT2D eigenvalue weighted by Gasteiger charge is 2.13. The molecule has 4 aromatic rings. The molecule has 0 saturated heterocycles. The third kappa shape index (κ3) is 4.54. The second kappa shape index (κ2) is 9.31. The average molecular weight is 403 g/mol. The van der Waals surface area contributed by atoms with E-state index >= 15 is 0 Å². The van der Waals surface area contributed by atoms with Crippen LogP contribution in [0.4, 0.5) is 0 Å². The molecule has 0 spiro atoms. The first-order valence-corrected chi connectivity index (χ1v) is 10.2. The van der Waals surface area contributed by atoms with Crippen LogP contribution < -0.4 is 10.1 Å². The summed E-state index contributed by atoms with van der Waals surface area (Å²) in [6, 6.07) is 19.4. The minimum atomic E-state index is -0.245. The minimum Gasteiger partial charge on any atom is -0.493 e. The van der Waals surface area contributed by atoms with E-state index in [9.17, 15) is 4.79 Å². The van der Waals surface area contributed by atoms with Crippen molar-refractivity contribution in [2.24, 2.45) is 0 Å². The number of para-hydroxylation sites is 3. The van der Waals surface area contributed by atoms with E-state index in [0.717, 1.165) is 47.6 Å². The molecule has 2 aromatic carbocycles. The number of carbonyl (C=O) groups excluding carboxylic acids is 1. The number of benzene rings is 2. The van der Waals surface area contributed by atoms with Gasteiger partial charge in [-0.25, -0.2) is 4.98 Å². The minimum absolute atomic E-state index is 0.245. The molecule has 0 unspecified atom stereocenters. The summed E-state index contributed by atoms with van der Waals surface area (Å²) in [6.45, 7) is 3.87. The molecule has 0 aliphatic carbocycles. The maximum Gasteiger partial charge on any atom is 0.287 e. The Labute approximate surface area is 175 Å². The third-order valence-electron chi connectivity index (χ3n) is 5.01. The fourth-order valence-corrected chi connectivity index (χ4v) is 3.44. The zero-order valence-electron chi connectivity index (χ0n) is 17.0. The Kier molecular flexibility index (Phi) is 6.13. The molecule has 0 bridgehead atoms. The predicted molar refractivity (Wildman–Crippen MR) is 116 cm³/mol. The fourth-order valence-electron chi connectivity index (χ4n) is 3.44. The monoisotopic (exact) mass is 403 g/mol. The van der Waals surface area contributed by atoms with Crippen LogP contribution in [0.5, 0.6) is 5.75 Å². The zero-order valence-corrected chi connectivity index (χ0v) is 17.0. The Morgan fingerprint density at radius 1 is 1.07 bits per heavy atom. The maximum atomic E-state index is 12.2. The molecule has 0 fully saturated rings. The van der Waals surface area contributed by atoms with Gasteiger partial charge >= 0.3 is 0 Å². The van der Waals surface area contributed by atoms with E-state index in [-0.39, 0.29) is 5.91 Å². The highest BCUT2D eigenvalue weighted by Crippen LogP contribution is 2.19. The van der Waals surface area contributed by atoms with Crippen LogP contribution in [-0.2, 0) is 13.1 Å². The molecular formula is C24H25N3O3. The van der Waals surface area contributed by atoms with Crippen molar-refractivity contribution in [3.05, 3.63) is 84.1 Å². The van der Waals surface area contributed by atoms with E-state index in [2.05, 4.69) is 28.9 Å². The first-order valence-electron chi connectivity index (χ1n) is 10.2. The summed E-state index contributed by atoms with van der Waals surface area (Å²) in [6.07, 6.45) is 3.37. The lowest BCUT2D eigenvalue weighted by Crippen LogP contribution is -2.24. The van der Waals surface area contributed by atoms with Gasteiger partial charge in [-0.15, -0.1) is 0 Å². The molecule has 6 nitrogen and oxygen atoms in total. The number of ether oxygens (including phenoxy) is 1. The summed E-state index contributed by atoms with van der Waals surface area (Å²) >= 11 is 0. The van der Waals surface area contributed by atoms with Crippen molar-refractivity contribution in [1.29, 1.82) is 0 Å². The van der Waals surface area contributed by atoms with Gasteiger partial charge in [-0.05, 0) is 55.7 Å². The molecule has 1 N–H and O–H groups in total. The summed E-state index contributed by atoms with van der Waals surface area (Å²) in [5.41, 5.74) is 3.14. The number of aromatic nitrogens is 2. The Bertz CT molecular complexity index is 1120. The molecule has 2 aromatic heterocycles. The average Bonchev–Trinajstić information content (AvgIpc) is 3.41. The summed E-state index contributed by atoms with van der Waals surface area (Å²) in [7, 11) is 0. The molecule has 2 heterocycles. The van der Waals surface area contributed by atoms with Crippen molar-refractivity contribution in [2.75, 3.05) is 6.61 Å². The van der Waals surface area contributed by atoms with E-state index in [1.165, 1.54) is 6.26 Å². The van der Waals surface area contributed by atoms with Crippen LogP contribution in [0.1, 0.15) is 34.8 Å². The highest BCUT2D eigenvalue weighted by atomic mass is 16.5. The number of amides is 1. The molecular weight excluding hydrogens is 378 g/mol. The number of fused-ring (bicyclic) bond motifs is 1. The first-order chi connectivity index (χ1) is 14.7. The van der Waals surface area contributed by atoms with Crippen LogP contribution in [0.15, 0.2) is 71.3 Å². The molecule has 0 radical (unpaired) electrons. The van der Waals surface area contributed by atoms with Crippen LogP contribution in [0, 0.1) is 6.92 Å². The van der Waals surface area contributed by atoms with Crippen molar-refractivity contribution in [1.82, 2.24) is 14.9 Å². The maximum absolute atomic E-state index is 12.2. The number of nitrogens with zero attached hydrogens (tertiary/aromatic N) is 2. The number of nitrogens with one attached hydrogen (secondary N) is 1. The number of hydrogen-bond acceptors (Lipinski definition) is 4. The predicted octanol–water partition coefficient (Wildman–Crippen LogP) is 4.73. The van der Waals surface area contributed by atoms with Crippen molar-refractivity contribution in [2.45, 2.75) is 32.9 Å². The van der Waals surface area contributed by atoms with E-state index < -0.39 is 0 Å². The van der Waals surface area contributed by atoms with E-state index in [4.69, 9.17) is 14.1 Å². The zero-order chi connectivity index (χ0) is 20.8. The molecule has 6 heteroatoms. The second-order valence-corrected chi connectivity index (χ2v) is 7.15. The molecule has 0 atom stereocenters. The van der Waals surface area contributed by atoms with Gasteiger partial charge in [0.2, 0.25) is 0 Å². The number of carbonyl (C=O) groups is 1. The van der Waals surface area contributed by atoms with Crippen LogP contribution in [0.25, 0.3) is 11.0 Å². The second-order valence-electron chi connectivity index (χ2n) is 7.15. The van der Waals surface area contributed by atoms with Crippen LogP contribution >= 0.6 is 0 Å². The lowest BCUT2D eigenvalue weighted by molar-refractivity contribution is 0.0921. The van der Waals surface area contributed by atoms with Crippen molar-refractivity contribution in [3.8, 4) is 5.75 Å². The number of imidazole rings is 1. The number of rotatable bonds is 9. The van der Waals surface area contributed by atoms with E-state index in [1.54, 1.807) is 12.1 Å². The SMILES string of the molecule is Cc1ccccc1OCCCCn1c(CNC(=O)c2ccco2)nc2ccccc21. The Hall–Kier alpha value is -3.54. The summed E-state index contributed by atoms with van der Waals surface area (Å²) < 4.78 is 13.2. The van der Waals surface area contributed by atoms with Gasteiger partial charge in [-0.3, -0.25) is 4.79 Å².